The van der Waals surface area contributed by atoms with Gasteiger partial charge in [-0.05, 0) is 42.0 Å². The molecule has 1 aliphatic heterocycles. The molecular formula is C15H16N2O2S. The van der Waals surface area contributed by atoms with E-state index < -0.39 is 12.0 Å². The Hall–Kier alpha value is -1.72. The van der Waals surface area contributed by atoms with Crippen molar-refractivity contribution in [1.82, 2.24) is 9.88 Å². The van der Waals surface area contributed by atoms with Crippen molar-refractivity contribution >= 4 is 17.3 Å². The minimum atomic E-state index is -0.780. The third kappa shape index (κ3) is 2.34. The van der Waals surface area contributed by atoms with Crippen molar-refractivity contribution in [1.29, 1.82) is 0 Å². The molecule has 0 radical (unpaired) electrons. The van der Waals surface area contributed by atoms with Crippen LogP contribution in [0.2, 0.25) is 0 Å². The van der Waals surface area contributed by atoms with Gasteiger partial charge in [-0.15, -0.1) is 11.3 Å². The van der Waals surface area contributed by atoms with Gasteiger partial charge in [-0.25, -0.2) is 0 Å². The maximum absolute atomic E-state index is 11.6. The minimum absolute atomic E-state index is 0.550. The largest absolute Gasteiger partial charge is 0.480 e. The predicted molar refractivity (Wildman–Crippen MR) is 77.8 cm³/mol. The first-order valence-electron chi connectivity index (χ1n) is 6.60. The highest BCUT2D eigenvalue weighted by Gasteiger charge is 2.33. The van der Waals surface area contributed by atoms with E-state index >= 15 is 0 Å². The Balaban J connectivity index is 1.90. The van der Waals surface area contributed by atoms with E-state index in [0.29, 0.717) is 6.54 Å². The van der Waals surface area contributed by atoms with Crippen molar-refractivity contribution in [3.05, 3.63) is 51.5 Å². The van der Waals surface area contributed by atoms with Crippen LogP contribution in [0.3, 0.4) is 0 Å². The fraction of sp³-hybridized carbons (Fsp3) is 0.333. The second kappa shape index (κ2) is 5.34. The molecule has 1 aliphatic rings. The molecule has 0 spiro atoms. The van der Waals surface area contributed by atoms with E-state index in [9.17, 15) is 9.90 Å². The molecule has 2 aromatic rings. The number of carboxylic acids is 1. The normalized spacial score (nSPS) is 18.8. The number of carbonyl (C=O) groups is 1. The summed E-state index contributed by atoms with van der Waals surface area (Å²) in [4.78, 5) is 19.2. The number of pyridine rings is 1. The maximum Gasteiger partial charge on any atom is 0.325 e. The molecule has 0 amide bonds. The van der Waals surface area contributed by atoms with Crippen LogP contribution in [0.1, 0.15) is 27.7 Å². The zero-order valence-electron chi connectivity index (χ0n) is 11.2. The van der Waals surface area contributed by atoms with E-state index in [1.165, 1.54) is 4.88 Å². The Morgan fingerprint density at radius 1 is 1.55 bits per heavy atom. The van der Waals surface area contributed by atoms with Crippen LogP contribution in [0, 0.1) is 6.92 Å². The molecule has 2 aromatic heterocycles. The fourth-order valence-corrected chi connectivity index (χ4v) is 3.61. The zero-order valence-corrected chi connectivity index (χ0v) is 12.1. The number of aliphatic carboxylic acids is 1. The van der Waals surface area contributed by atoms with Crippen LogP contribution in [0.25, 0.3) is 0 Å². The summed E-state index contributed by atoms with van der Waals surface area (Å²) in [6.45, 7) is 3.36. The SMILES string of the molecule is Cc1cccnc1CN1CCc2sccc2C1C(=O)O. The molecule has 3 heterocycles. The lowest BCUT2D eigenvalue weighted by molar-refractivity contribution is -0.144. The predicted octanol–water partition coefficient (Wildman–Crippen LogP) is 2.64. The van der Waals surface area contributed by atoms with Gasteiger partial charge in [-0.3, -0.25) is 14.7 Å². The molecule has 0 aromatic carbocycles. The Kier molecular flexibility index (Phi) is 3.54. The molecule has 1 unspecified atom stereocenters. The Morgan fingerprint density at radius 3 is 3.15 bits per heavy atom. The summed E-state index contributed by atoms with van der Waals surface area (Å²) in [6, 6.07) is 5.31. The van der Waals surface area contributed by atoms with Gasteiger partial charge in [0, 0.05) is 24.2 Å². The van der Waals surface area contributed by atoms with Crippen molar-refractivity contribution in [3.8, 4) is 0 Å². The van der Waals surface area contributed by atoms with Crippen molar-refractivity contribution in [2.24, 2.45) is 0 Å². The summed E-state index contributed by atoms with van der Waals surface area (Å²) in [6.07, 6.45) is 2.68. The first-order chi connectivity index (χ1) is 9.66. The Labute approximate surface area is 121 Å². The van der Waals surface area contributed by atoms with Crippen LogP contribution in [0.4, 0.5) is 0 Å². The van der Waals surface area contributed by atoms with Crippen molar-refractivity contribution in [2.45, 2.75) is 25.9 Å². The van der Waals surface area contributed by atoms with Gasteiger partial charge < -0.3 is 5.11 Å². The standard InChI is InChI=1S/C15H16N2O2S/c1-10-3-2-6-16-12(10)9-17-7-4-13-11(5-8-20-13)14(17)15(18)19/h2-3,5-6,8,14H,4,7,9H2,1H3,(H,18,19). The number of fused-ring (bicyclic) bond motifs is 1. The summed E-state index contributed by atoms with van der Waals surface area (Å²) < 4.78 is 0. The zero-order chi connectivity index (χ0) is 14.1. The molecule has 1 atom stereocenters. The van der Waals surface area contributed by atoms with Gasteiger partial charge in [0.1, 0.15) is 6.04 Å². The molecule has 1 N–H and O–H groups in total. The van der Waals surface area contributed by atoms with Gasteiger partial charge in [0.15, 0.2) is 0 Å². The van der Waals surface area contributed by atoms with Crippen LogP contribution >= 0.6 is 11.3 Å². The van der Waals surface area contributed by atoms with Crippen LogP contribution < -0.4 is 0 Å². The van der Waals surface area contributed by atoms with Gasteiger partial charge in [0.2, 0.25) is 0 Å². The average Bonchev–Trinajstić information content (AvgIpc) is 2.88. The Bertz CT molecular complexity index is 638. The molecule has 104 valence electrons. The van der Waals surface area contributed by atoms with E-state index in [0.717, 1.165) is 29.8 Å². The molecule has 0 fully saturated rings. The summed E-state index contributed by atoms with van der Waals surface area (Å²) in [5.41, 5.74) is 3.01. The number of carboxylic acid groups (broad SMARTS) is 1. The lowest BCUT2D eigenvalue weighted by Gasteiger charge is -2.33. The quantitative estimate of drug-likeness (QED) is 0.943. The van der Waals surface area contributed by atoms with E-state index in [1.54, 1.807) is 17.5 Å². The van der Waals surface area contributed by atoms with Crippen LogP contribution in [0.15, 0.2) is 29.8 Å². The summed E-state index contributed by atoms with van der Waals surface area (Å²) in [5, 5.41) is 11.5. The van der Waals surface area contributed by atoms with E-state index in [2.05, 4.69) is 4.98 Å². The molecule has 4 nitrogen and oxygen atoms in total. The highest BCUT2D eigenvalue weighted by molar-refractivity contribution is 7.10. The summed E-state index contributed by atoms with van der Waals surface area (Å²) in [7, 11) is 0. The maximum atomic E-state index is 11.6. The Morgan fingerprint density at radius 2 is 2.40 bits per heavy atom. The number of hydrogen-bond donors (Lipinski definition) is 1. The number of rotatable bonds is 3. The first-order valence-corrected chi connectivity index (χ1v) is 7.48. The second-order valence-electron chi connectivity index (χ2n) is 5.03. The van der Waals surface area contributed by atoms with E-state index in [1.807, 2.05) is 35.4 Å². The first kappa shape index (κ1) is 13.3. The topological polar surface area (TPSA) is 53.4 Å². The molecule has 0 saturated heterocycles. The highest BCUT2D eigenvalue weighted by atomic mass is 32.1. The number of aromatic nitrogens is 1. The number of thiophene rings is 1. The minimum Gasteiger partial charge on any atom is -0.480 e. The molecule has 3 rings (SSSR count). The lowest BCUT2D eigenvalue weighted by Crippen LogP contribution is -2.38. The van der Waals surface area contributed by atoms with Gasteiger partial charge in [0.25, 0.3) is 0 Å². The number of aryl methyl sites for hydroxylation is 1. The summed E-state index contributed by atoms with van der Waals surface area (Å²) in [5.74, 6) is -0.780. The van der Waals surface area contributed by atoms with E-state index in [-0.39, 0.29) is 0 Å². The van der Waals surface area contributed by atoms with Crippen LogP contribution in [0.5, 0.6) is 0 Å². The van der Waals surface area contributed by atoms with Crippen molar-refractivity contribution < 1.29 is 9.90 Å². The van der Waals surface area contributed by atoms with Crippen LogP contribution in [-0.2, 0) is 17.8 Å². The van der Waals surface area contributed by atoms with Gasteiger partial charge in [-0.2, -0.15) is 0 Å². The third-order valence-electron chi connectivity index (χ3n) is 3.77. The number of nitrogens with zero attached hydrogens (tertiary/aromatic N) is 2. The second-order valence-corrected chi connectivity index (χ2v) is 6.03. The van der Waals surface area contributed by atoms with Gasteiger partial charge in [-0.1, -0.05) is 6.07 Å². The molecule has 0 saturated carbocycles. The van der Waals surface area contributed by atoms with Gasteiger partial charge in [0.05, 0.1) is 5.69 Å². The molecule has 0 aliphatic carbocycles. The lowest BCUT2D eigenvalue weighted by atomic mass is 9.99. The van der Waals surface area contributed by atoms with E-state index in [4.69, 9.17) is 0 Å². The number of hydrogen-bond acceptors (Lipinski definition) is 4. The average molecular weight is 288 g/mol. The smallest absolute Gasteiger partial charge is 0.325 e. The highest BCUT2D eigenvalue weighted by Crippen LogP contribution is 2.34. The molecular weight excluding hydrogens is 272 g/mol. The third-order valence-corrected chi connectivity index (χ3v) is 4.77. The summed E-state index contributed by atoms with van der Waals surface area (Å²) >= 11 is 1.65. The molecule has 5 heteroatoms. The molecule has 0 bridgehead atoms. The van der Waals surface area contributed by atoms with Crippen molar-refractivity contribution in [2.75, 3.05) is 6.54 Å². The van der Waals surface area contributed by atoms with Crippen molar-refractivity contribution in [3.63, 3.8) is 0 Å². The van der Waals surface area contributed by atoms with Crippen LogP contribution in [-0.4, -0.2) is 27.5 Å². The van der Waals surface area contributed by atoms with Gasteiger partial charge >= 0.3 is 5.97 Å². The molecule has 20 heavy (non-hydrogen) atoms. The monoisotopic (exact) mass is 288 g/mol. The fourth-order valence-electron chi connectivity index (χ4n) is 2.70.